The van der Waals surface area contributed by atoms with Crippen LogP contribution in [-0.4, -0.2) is 22.1 Å². The molecular weight excluding hydrogens is 312 g/mol. The molecule has 0 radical (unpaired) electrons. The van der Waals surface area contributed by atoms with Gasteiger partial charge in [-0.2, -0.15) is 0 Å². The summed E-state index contributed by atoms with van der Waals surface area (Å²) in [6, 6.07) is 6.92. The van der Waals surface area contributed by atoms with Gasteiger partial charge in [0.2, 0.25) is 0 Å². The number of imidazole rings is 1. The Morgan fingerprint density at radius 1 is 1.30 bits per heavy atom. The second kappa shape index (κ2) is 8.58. The number of aromatic nitrogens is 2. The van der Waals surface area contributed by atoms with Gasteiger partial charge in [-0.15, -0.1) is 0 Å². The number of amides is 2. The molecule has 124 valence electrons. The fourth-order valence-electron chi connectivity index (χ4n) is 2.37. The Balaban J connectivity index is 2.10. The molecule has 6 heteroatoms. The van der Waals surface area contributed by atoms with Gasteiger partial charge in [-0.3, -0.25) is 0 Å². The lowest BCUT2D eigenvalue weighted by Crippen LogP contribution is -2.39. The van der Waals surface area contributed by atoms with Crippen molar-refractivity contribution in [3.05, 3.63) is 53.1 Å². The van der Waals surface area contributed by atoms with Gasteiger partial charge < -0.3 is 15.2 Å². The highest BCUT2D eigenvalue weighted by Crippen LogP contribution is 2.22. The van der Waals surface area contributed by atoms with Gasteiger partial charge in [0.25, 0.3) is 0 Å². The predicted octanol–water partition coefficient (Wildman–Crippen LogP) is 3.65. The molecule has 2 amide bonds. The minimum absolute atomic E-state index is 0.191. The standard InChI is InChI=1S/C17H23ClN4O/c1-3-4-5-10-20-17(23)21-15(16-19-11-12-22(16)2)13-6-8-14(18)9-7-13/h6-9,11-12,15H,3-5,10H2,1-2H3,(H2,20,21,23)/t15-/m0/s1. The number of carbonyl (C=O) groups excluding carboxylic acids is 1. The van der Waals surface area contributed by atoms with Crippen LogP contribution in [0.1, 0.15) is 43.6 Å². The van der Waals surface area contributed by atoms with Gasteiger partial charge in [0, 0.05) is 31.0 Å². The van der Waals surface area contributed by atoms with Crippen molar-refractivity contribution in [1.82, 2.24) is 20.2 Å². The summed E-state index contributed by atoms with van der Waals surface area (Å²) in [5.41, 5.74) is 0.937. The van der Waals surface area contributed by atoms with E-state index in [1.54, 1.807) is 6.20 Å². The minimum atomic E-state index is -0.321. The number of benzene rings is 1. The number of aryl methyl sites for hydroxylation is 1. The van der Waals surface area contributed by atoms with E-state index in [1.165, 1.54) is 0 Å². The SMILES string of the molecule is CCCCCNC(=O)N[C@@H](c1ccc(Cl)cc1)c1nccn1C. The zero-order valence-electron chi connectivity index (χ0n) is 13.6. The van der Waals surface area contributed by atoms with Gasteiger partial charge >= 0.3 is 6.03 Å². The van der Waals surface area contributed by atoms with Gasteiger partial charge in [0.15, 0.2) is 0 Å². The zero-order valence-corrected chi connectivity index (χ0v) is 14.3. The average Bonchev–Trinajstić information content (AvgIpc) is 2.96. The van der Waals surface area contributed by atoms with Crippen LogP contribution in [0.15, 0.2) is 36.7 Å². The first-order valence-electron chi connectivity index (χ1n) is 7.89. The lowest BCUT2D eigenvalue weighted by Gasteiger charge is -2.19. The van der Waals surface area contributed by atoms with Crippen molar-refractivity contribution in [3.8, 4) is 0 Å². The molecule has 0 fully saturated rings. The van der Waals surface area contributed by atoms with Crippen molar-refractivity contribution < 1.29 is 4.79 Å². The number of halogens is 1. The number of unbranched alkanes of at least 4 members (excludes halogenated alkanes) is 2. The van der Waals surface area contributed by atoms with E-state index >= 15 is 0 Å². The van der Waals surface area contributed by atoms with E-state index in [2.05, 4.69) is 22.5 Å². The van der Waals surface area contributed by atoms with Crippen LogP contribution in [0.25, 0.3) is 0 Å². The third-order valence-electron chi connectivity index (χ3n) is 3.66. The maximum atomic E-state index is 12.2. The van der Waals surface area contributed by atoms with E-state index < -0.39 is 0 Å². The molecule has 5 nitrogen and oxygen atoms in total. The third-order valence-corrected chi connectivity index (χ3v) is 3.91. The van der Waals surface area contributed by atoms with Gasteiger partial charge in [-0.1, -0.05) is 43.5 Å². The Hall–Kier alpha value is -2.01. The Kier molecular flexibility index (Phi) is 6.47. The summed E-state index contributed by atoms with van der Waals surface area (Å²) in [6.07, 6.45) is 6.81. The van der Waals surface area contributed by atoms with Crippen molar-refractivity contribution in [2.45, 2.75) is 32.2 Å². The summed E-state index contributed by atoms with van der Waals surface area (Å²) in [5.74, 6) is 0.774. The fourth-order valence-corrected chi connectivity index (χ4v) is 2.49. The number of carbonyl (C=O) groups is 1. The van der Waals surface area contributed by atoms with Gasteiger partial charge in [0.05, 0.1) is 0 Å². The molecule has 2 rings (SSSR count). The molecule has 0 aliphatic heterocycles. The van der Waals surface area contributed by atoms with E-state index in [4.69, 9.17) is 11.6 Å². The minimum Gasteiger partial charge on any atom is -0.338 e. The molecule has 0 saturated heterocycles. The maximum absolute atomic E-state index is 12.2. The molecule has 23 heavy (non-hydrogen) atoms. The molecule has 0 aliphatic carbocycles. The summed E-state index contributed by atoms with van der Waals surface area (Å²) in [4.78, 5) is 16.5. The highest BCUT2D eigenvalue weighted by atomic mass is 35.5. The number of nitrogens with zero attached hydrogens (tertiary/aromatic N) is 2. The largest absolute Gasteiger partial charge is 0.338 e. The monoisotopic (exact) mass is 334 g/mol. The quantitative estimate of drug-likeness (QED) is 0.759. The van der Waals surface area contributed by atoms with Crippen molar-refractivity contribution in [2.24, 2.45) is 7.05 Å². The molecule has 0 saturated carbocycles. The van der Waals surface area contributed by atoms with Crippen LogP contribution in [0, 0.1) is 0 Å². The number of nitrogens with one attached hydrogen (secondary N) is 2. The highest BCUT2D eigenvalue weighted by Gasteiger charge is 2.20. The van der Waals surface area contributed by atoms with Crippen molar-refractivity contribution in [3.63, 3.8) is 0 Å². The molecule has 0 spiro atoms. The number of hydrogen-bond donors (Lipinski definition) is 2. The predicted molar refractivity (Wildman–Crippen MR) is 92.6 cm³/mol. The van der Waals surface area contributed by atoms with Crippen LogP contribution in [0.5, 0.6) is 0 Å². The third kappa shape index (κ3) is 4.99. The molecule has 2 aromatic rings. The average molecular weight is 335 g/mol. The van der Waals surface area contributed by atoms with E-state index in [-0.39, 0.29) is 12.1 Å². The van der Waals surface area contributed by atoms with E-state index in [1.807, 2.05) is 42.1 Å². The summed E-state index contributed by atoms with van der Waals surface area (Å²) in [5, 5.41) is 6.56. The van der Waals surface area contributed by atoms with Crippen LogP contribution in [-0.2, 0) is 7.05 Å². The Labute approximate surface area is 142 Å². The lowest BCUT2D eigenvalue weighted by atomic mass is 10.1. The molecule has 1 aromatic heterocycles. The first-order chi connectivity index (χ1) is 11.1. The number of rotatable bonds is 7. The van der Waals surface area contributed by atoms with Gasteiger partial charge in [0.1, 0.15) is 11.9 Å². The zero-order chi connectivity index (χ0) is 16.7. The molecular formula is C17H23ClN4O. The number of urea groups is 1. The van der Waals surface area contributed by atoms with E-state index in [9.17, 15) is 4.79 Å². The van der Waals surface area contributed by atoms with Crippen LogP contribution >= 0.6 is 11.6 Å². The fraction of sp³-hybridized carbons (Fsp3) is 0.412. The summed E-state index contributed by atoms with van der Waals surface area (Å²) < 4.78 is 1.90. The molecule has 1 aromatic carbocycles. The smallest absolute Gasteiger partial charge is 0.315 e. The normalized spacial score (nSPS) is 12.0. The topological polar surface area (TPSA) is 59.0 Å². The van der Waals surface area contributed by atoms with Gasteiger partial charge in [-0.05, 0) is 24.1 Å². The van der Waals surface area contributed by atoms with Crippen LogP contribution < -0.4 is 10.6 Å². The van der Waals surface area contributed by atoms with E-state index in [0.717, 1.165) is 30.7 Å². The summed E-state index contributed by atoms with van der Waals surface area (Å²) >= 11 is 5.96. The van der Waals surface area contributed by atoms with E-state index in [0.29, 0.717) is 11.6 Å². The van der Waals surface area contributed by atoms with Crippen LogP contribution in [0.2, 0.25) is 5.02 Å². The second-order valence-corrected chi connectivity index (χ2v) is 5.92. The Morgan fingerprint density at radius 3 is 2.65 bits per heavy atom. The molecule has 0 aliphatic rings. The number of hydrogen-bond acceptors (Lipinski definition) is 2. The van der Waals surface area contributed by atoms with Crippen LogP contribution in [0.4, 0.5) is 4.79 Å². The van der Waals surface area contributed by atoms with Gasteiger partial charge in [-0.25, -0.2) is 9.78 Å². The summed E-state index contributed by atoms with van der Waals surface area (Å²) in [6.45, 7) is 2.81. The van der Waals surface area contributed by atoms with Crippen LogP contribution in [0.3, 0.4) is 0 Å². The molecule has 0 bridgehead atoms. The molecule has 1 atom stereocenters. The lowest BCUT2D eigenvalue weighted by molar-refractivity contribution is 0.238. The Morgan fingerprint density at radius 2 is 2.04 bits per heavy atom. The summed E-state index contributed by atoms with van der Waals surface area (Å²) in [7, 11) is 1.91. The first-order valence-corrected chi connectivity index (χ1v) is 8.26. The molecule has 2 N–H and O–H groups in total. The Bertz CT molecular complexity index is 624. The highest BCUT2D eigenvalue weighted by molar-refractivity contribution is 6.30. The van der Waals surface area contributed by atoms with Crippen molar-refractivity contribution in [1.29, 1.82) is 0 Å². The maximum Gasteiger partial charge on any atom is 0.315 e. The molecule has 0 unspecified atom stereocenters. The molecule has 1 heterocycles. The van der Waals surface area contributed by atoms with Crippen molar-refractivity contribution in [2.75, 3.05) is 6.54 Å². The van der Waals surface area contributed by atoms with Crippen molar-refractivity contribution >= 4 is 17.6 Å². The second-order valence-electron chi connectivity index (χ2n) is 5.49. The first kappa shape index (κ1) is 17.3.